The van der Waals surface area contributed by atoms with Crippen molar-refractivity contribution in [2.24, 2.45) is 11.8 Å². The van der Waals surface area contributed by atoms with E-state index in [9.17, 15) is 24.0 Å². The van der Waals surface area contributed by atoms with Gasteiger partial charge in [0.15, 0.2) is 0 Å². The Labute approximate surface area is 221 Å². The Hall–Kier alpha value is -3.73. The molecule has 1 saturated carbocycles. The molecule has 1 aromatic carbocycles. The van der Waals surface area contributed by atoms with Crippen LogP contribution in [0, 0.1) is 11.8 Å². The smallest absolute Gasteiger partial charge is 0.330 e. The second-order valence-electron chi connectivity index (χ2n) is 8.63. The number of aliphatic carboxylic acids is 1. The average Bonchev–Trinajstić information content (AvgIpc) is 2.92. The molecule has 1 aromatic rings. The molecule has 0 unspecified atom stereocenters. The van der Waals surface area contributed by atoms with Crippen molar-refractivity contribution in [3.8, 4) is 5.75 Å². The van der Waals surface area contributed by atoms with Gasteiger partial charge in [0.25, 0.3) is 0 Å². The lowest BCUT2D eigenvalue weighted by Crippen LogP contribution is -2.28. The highest BCUT2D eigenvalue weighted by atomic mass is 16.6. The Balaban J connectivity index is 1.53. The normalized spacial score (nSPS) is 16.6. The van der Waals surface area contributed by atoms with Crippen molar-refractivity contribution in [1.82, 2.24) is 0 Å². The summed E-state index contributed by atoms with van der Waals surface area (Å²) in [6.07, 6.45) is 3.22. The Morgan fingerprint density at radius 3 is 1.92 bits per heavy atom. The lowest BCUT2D eigenvalue weighted by atomic mass is 9.82. The van der Waals surface area contributed by atoms with Gasteiger partial charge in [-0.2, -0.15) is 0 Å². The monoisotopic (exact) mass is 534 g/mol. The Morgan fingerprint density at radius 2 is 1.34 bits per heavy atom. The van der Waals surface area contributed by atoms with Gasteiger partial charge in [-0.15, -0.1) is 0 Å². The van der Waals surface area contributed by atoms with Crippen LogP contribution in [0.5, 0.6) is 5.75 Å². The third-order valence-corrected chi connectivity index (χ3v) is 5.87. The summed E-state index contributed by atoms with van der Waals surface area (Å²) >= 11 is 0. The molecule has 38 heavy (non-hydrogen) atoms. The van der Waals surface area contributed by atoms with Crippen molar-refractivity contribution in [3.05, 3.63) is 42.5 Å². The van der Waals surface area contributed by atoms with E-state index in [1.54, 1.807) is 24.3 Å². The van der Waals surface area contributed by atoms with E-state index in [4.69, 9.17) is 28.8 Å². The molecule has 0 amide bonds. The highest BCUT2D eigenvalue weighted by Gasteiger charge is 2.30. The van der Waals surface area contributed by atoms with Crippen molar-refractivity contribution >= 4 is 29.8 Å². The van der Waals surface area contributed by atoms with Gasteiger partial charge in [-0.05, 0) is 43.4 Å². The van der Waals surface area contributed by atoms with Crippen LogP contribution in [-0.2, 0) is 49.3 Å². The van der Waals surface area contributed by atoms with Crippen LogP contribution in [0.4, 0.5) is 0 Å². The molecule has 0 spiro atoms. The topological polar surface area (TPSA) is 152 Å². The largest absolute Gasteiger partial charge is 0.481 e. The maximum Gasteiger partial charge on any atom is 0.330 e. The van der Waals surface area contributed by atoms with E-state index < -0.39 is 23.9 Å². The third-order valence-electron chi connectivity index (χ3n) is 5.87. The van der Waals surface area contributed by atoms with Gasteiger partial charge in [0.05, 0.1) is 44.5 Å². The minimum Gasteiger partial charge on any atom is -0.481 e. The molecule has 2 rings (SSSR count). The maximum atomic E-state index is 12.3. The number of carbonyl (C=O) groups excluding carboxylic acids is 4. The van der Waals surface area contributed by atoms with Crippen LogP contribution >= 0.6 is 0 Å². The number of rotatable bonds is 16. The molecular weight excluding hydrogens is 500 g/mol. The SMILES string of the molecule is C=CC(=O)OCCOCCOC(=O)CCC(=O)OCCc1ccc(OC(=O)C2CCC(C(=O)O)CC2)cc1. The molecule has 0 aromatic heterocycles. The first-order chi connectivity index (χ1) is 18.3. The zero-order valence-corrected chi connectivity index (χ0v) is 21.3. The minimum atomic E-state index is -0.818. The Bertz CT molecular complexity index is 946. The third kappa shape index (κ3) is 12.0. The summed E-state index contributed by atoms with van der Waals surface area (Å²) in [4.78, 5) is 57.8. The van der Waals surface area contributed by atoms with Crippen molar-refractivity contribution in [2.45, 2.75) is 44.9 Å². The van der Waals surface area contributed by atoms with Crippen LogP contribution in [0.1, 0.15) is 44.1 Å². The highest BCUT2D eigenvalue weighted by molar-refractivity contribution is 5.81. The number of carboxylic acid groups (broad SMARTS) is 1. The lowest BCUT2D eigenvalue weighted by Gasteiger charge is -2.24. The standard InChI is InChI=1S/C27H34O11/c1-2-23(28)36-17-15-34-16-18-37-25(30)12-11-24(29)35-14-13-19-3-9-22(10-4-19)38-27(33)21-7-5-20(6-8-21)26(31)32/h2-4,9-10,20-21H,1,5-8,11-18H2,(H,31,32). The van der Waals surface area contributed by atoms with Crippen LogP contribution in [0.15, 0.2) is 36.9 Å². The molecule has 11 nitrogen and oxygen atoms in total. The summed E-state index contributed by atoms with van der Waals surface area (Å²) in [5, 5.41) is 9.06. The van der Waals surface area contributed by atoms with Gasteiger partial charge in [-0.25, -0.2) is 4.79 Å². The predicted octanol–water partition coefficient (Wildman–Crippen LogP) is 2.64. The van der Waals surface area contributed by atoms with Crippen LogP contribution in [-0.4, -0.2) is 68.0 Å². The van der Waals surface area contributed by atoms with Crippen molar-refractivity contribution < 1.29 is 52.8 Å². The highest BCUT2D eigenvalue weighted by Crippen LogP contribution is 2.30. The fourth-order valence-electron chi connectivity index (χ4n) is 3.71. The fraction of sp³-hybridized carbons (Fsp3) is 0.519. The minimum absolute atomic E-state index is 0.0143. The van der Waals surface area contributed by atoms with E-state index in [1.807, 2.05) is 0 Å². The molecule has 0 atom stereocenters. The fourth-order valence-corrected chi connectivity index (χ4v) is 3.71. The first kappa shape index (κ1) is 30.5. The number of benzene rings is 1. The summed E-state index contributed by atoms with van der Waals surface area (Å²) in [7, 11) is 0. The zero-order valence-electron chi connectivity index (χ0n) is 21.3. The van der Waals surface area contributed by atoms with E-state index in [0.29, 0.717) is 37.9 Å². The number of carbonyl (C=O) groups is 5. The van der Waals surface area contributed by atoms with Crippen LogP contribution in [0.25, 0.3) is 0 Å². The second-order valence-corrected chi connectivity index (χ2v) is 8.63. The van der Waals surface area contributed by atoms with E-state index in [-0.39, 0.29) is 63.7 Å². The van der Waals surface area contributed by atoms with Gasteiger partial charge in [0.1, 0.15) is 19.0 Å². The summed E-state index contributed by atoms with van der Waals surface area (Å²) in [6.45, 7) is 3.77. The maximum absolute atomic E-state index is 12.3. The zero-order chi connectivity index (χ0) is 27.8. The quantitative estimate of drug-likeness (QED) is 0.110. The predicted molar refractivity (Wildman–Crippen MR) is 132 cm³/mol. The first-order valence-electron chi connectivity index (χ1n) is 12.5. The Kier molecular flexibility index (Phi) is 13.6. The lowest BCUT2D eigenvalue weighted by molar-refractivity contribution is -0.151. The van der Waals surface area contributed by atoms with E-state index >= 15 is 0 Å². The van der Waals surface area contributed by atoms with Gasteiger partial charge in [-0.3, -0.25) is 19.2 Å². The first-order valence-corrected chi connectivity index (χ1v) is 12.5. The summed E-state index contributed by atoms with van der Waals surface area (Å²) in [5.41, 5.74) is 0.873. The number of ether oxygens (including phenoxy) is 5. The van der Waals surface area contributed by atoms with Gasteiger partial charge in [-0.1, -0.05) is 18.7 Å². The molecule has 11 heteroatoms. The van der Waals surface area contributed by atoms with Crippen LogP contribution < -0.4 is 4.74 Å². The summed E-state index contributed by atoms with van der Waals surface area (Å²) < 4.78 is 25.4. The van der Waals surface area contributed by atoms with Gasteiger partial charge >= 0.3 is 29.8 Å². The van der Waals surface area contributed by atoms with Gasteiger partial charge in [0.2, 0.25) is 0 Å². The molecule has 0 radical (unpaired) electrons. The molecule has 1 fully saturated rings. The Morgan fingerprint density at radius 1 is 0.789 bits per heavy atom. The summed E-state index contributed by atoms with van der Waals surface area (Å²) in [6, 6.07) is 6.85. The van der Waals surface area contributed by atoms with Crippen molar-refractivity contribution in [1.29, 1.82) is 0 Å². The molecule has 0 heterocycles. The molecular formula is C27H34O11. The number of carboxylic acids is 1. The van der Waals surface area contributed by atoms with Crippen LogP contribution in [0.3, 0.4) is 0 Å². The molecule has 1 aliphatic rings. The van der Waals surface area contributed by atoms with Crippen molar-refractivity contribution in [2.75, 3.05) is 33.0 Å². The molecule has 208 valence electrons. The molecule has 1 N–H and O–H groups in total. The van der Waals surface area contributed by atoms with Crippen LogP contribution in [0.2, 0.25) is 0 Å². The second kappa shape index (κ2) is 16.9. The number of hydrogen-bond donors (Lipinski definition) is 1. The van der Waals surface area contributed by atoms with E-state index in [1.165, 1.54) is 0 Å². The number of esters is 4. The summed E-state index contributed by atoms with van der Waals surface area (Å²) in [5.74, 6) is -3.07. The molecule has 0 saturated heterocycles. The molecule has 0 aliphatic heterocycles. The average molecular weight is 535 g/mol. The molecule has 0 bridgehead atoms. The van der Waals surface area contributed by atoms with Gasteiger partial charge < -0.3 is 28.8 Å². The van der Waals surface area contributed by atoms with Crippen molar-refractivity contribution in [3.63, 3.8) is 0 Å². The van der Waals surface area contributed by atoms with E-state index in [0.717, 1.165) is 11.6 Å². The van der Waals surface area contributed by atoms with Gasteiger partial charge in [0, 0.05) is 12.5 Å². The molecule has 1 aliphatic carbocycles. The number of hydrogen-bond acceptors (Lipinski definition) is 10. The van der Waals surface area contributed by atoms with E-state index in [2.05, 4.69) is 6.58 Å².